The number of aromatic amines is 1. The Morgan fingerprint density at radius 1 is 0.982 bits per heavy atom. The molecule has 300 valence electrons. The second kappa shape index (κ2) is 17.7. The van der Waals surface area contributed by atoms with Crippen molar-refractivity contribution in [3.8, 4) is 17.6 Å². The molecule has 2 unspecified atom stereocenters. The van der Waals surface area contributed by atoms with Crippen LogP contribution in [0.3, 0.4) is 0 Å². The first-order valence-corrected chi connectivity index (χ1v) is 20.2. The summed E-state index contributed by atoms with van der Waals surface area (Å²) in [5.74, 6) is 0.690. The Balaban J connectivity index is 1.69. The van der Waals surface area contributed by atoms with Crippen molar-refractivity contribution in [2.45, 2.75) is 82.1 Å². The average molecular weight is 795 g/mol. The average Bonchev–Trinajstić information content (AvgIpc) is 3.41. The number of nitriles is 1. The molecule has 4 aromatic rings. The highest BCUT2D eigenvalue weighted by Gasteiger charge is 2.68. The van der Waals surface area contributed by atoms with Crippen LogP contribution in [0.1, 0.15) is 63.5 Å². The number of aromatic nitrogens is 2. The fourth-order valence-corrected chi connectivity index (χ4v) is 10.3. The monoisotopic (exact) mass is 794 g/mol. The van der Waals surface area contributed by atoms with Crippen molar-refractivity contribution in [2.24, 2.45) is 5.92 Å². The van der Waals surface area contributed by atoms with Crippen LogP contribution in [-0.2, 0) is 19.2 Å². The molecule has 12 nitrogen and oxygen atoms in total. The number of aliphatic hydroxyl groups excluding tert-OH is 1. The molecule has 1 fully saturated rings. The molecule has 6 atom stereocenters. The van der Waals surface area contributed by atoms with Gasteiger partial charge in [0.05, 0.1) is 38.7 Å². The second-order valence-electron chi connectivity index (χ2n) is 14.7. The van der Waals surface area contributed by atoms with Crippen LogP contribution in [-0.4, -0.2) is 70.0 Å². The zero-order chi connectivity index (χ0) is 40.9. The number of benzene rings is 3. The van der Waals surface area contributed by atoms with Crippen molar-refractivity contribution >= 4 is 8.53 Å². The number of hydrogen-bond acceptors (Lipinski definition) is 10. The van der Waals surface area contributed by atoms with Crippen LogP contribution < -0.4 is 20.7 Å². The van der Waals surface area contributed by atoms with Gasteiger partial charge in [0.15, 0.2) is 0 Å². The van der Waals surface area contributed by atoms with Crippen molar-refractivity contribution < 1.29 is 28.4 Å². The molecule has 3 aromatic carbocycles. The SMILES string of the molecule is C=CC1=CC[C@H]2[C@H](n3ccc(=O)[nH]c3=O)O[C@]1(C(O)C(c1ccccc1)(c1ccc(OC)cc1)c1ccc(OC)cc1)[C@H]2OP(OCCC#N)N(C(C)C)C(C)C. The second-order valence-corrected chi connectivity index (χ2v) is 16.1. The van der Waals surface area contributed by atoms with Crippen molar-refractivity contribution in [3.63, 3.8) is 0 Å². The van der Waals surface area contributed by atoms with Gasteiger partial charge < -0.3 is 28.4 Å². The Bertz CT molecular complexity index is 2130. The van der Waals surface area contributed by atoms with E-state index in [0.717, 1.165) is 16.7 Å². The van der Waals surface area contributed by atoms with Crippen LogP contribution in [0.4, 0.5) is 0 Å². The number of fused-ring (bicyclic) bond motifs is 2. The molecule has 57 heavy (non-hydrogen) atoms. The lowest BCUT2D eigenvalue weighted by atomic mass is 9.58. The Kier molecular flexibility index (Phi) is 13.0. The molecule has 2 heterocycles. The third-order valence-electron chi connectivity index (χ3n) is 10.9. The van der Waals surface area contributed by atoms with Gasteiger partial charge in [0.25, 0.3) is 14.1 Å². The maximum absolute atomic E-state index is 14.0. The van der Waals surface area contributed by atoms with Crippen LogP contribution in [0.25, 0.3) is 0 Å². The highest BCUT2D eigenvalue weighted by molar-refractivity contribution is 7.44. The molecule has 2 aliphatic rings. The van der Waals surface area contributed by atoms with Crippen LogP contribution in [0.15, 0.2) is 125 Å². The van der Waals surface area contributed by atoms with Crippen LogP contribution in [0.5, 0.6) is 11.5 Å². The summed E-state index contributed by atoms with van der Waals surface area (Å²) in [6.07, 6.45) is 2.14. The molecule has 0 amide bonds. The first kappa shape index (κ1) is 41.8. The first-order chi connectivity index (χ1) is 27.5. The zero-order valence-corrected chi connectivity index (χ0v) is 34.1. The molecule has 13 heteroatoms. The van der Waals surface area contributed by atoms with E-state index >= 15 is 0 Å². The van der Waals surface area contributed by atoms with Crippen LogP contribution in [0.2, 0.25) is 0 Å². The minimum atomic E-state index is -1.89. The molecule has 2 N–H and O–H groups in total. The summed E-state index contributed by atoms with van der Waals surface area (Å²) in [6, 6.07) is 28.2. The number of hydrogen-bond donors (Lipinski definition) is 2. The molecule has 2 bridgehead atoms. The van der Waals surface area contributed by atoms with E-state index in [9.17, 15) is 20.0 Å². The van der Waals surface area contributed by atoms with Gasteiger partial charge in [-0.15, -0.1) is 0 Å². The summed E-state index contributed by atoms with van der Waals surface area (Å²) in [6.45, 7) is 12.5. The van der Waals surface area contributed by atoms with E-state index in [0.29, 0.717) is 23.5 Å². The van der Waals surface area contributed by atoms with Gasteiger partial charge in [0.2, 0.25) is 0 Å². The van der Waals surface area contributed by atoms with E-state index in [2.05, 4.69) is 50.0 Å². The Labute approximate surface area is 334 Å². The number of nitrogens with one attached hydrogen (secondary N) is 1. The van der Waals surface area contributed by atoms with E-state index < -0.39 is 55.1 Å². The molecular formula is C44H51N4O8P. The van der Waals surface area contributed by atoms with Gasteiger partial charge in [-0.05, 0) is 80.6 Å². The molecule has 1 aliphatic carbocycles. The summed E-state index contributed by atoms with van der Waals surface area (Å²) in [5, 5.41) is 23.5. The summed E-state index contributed by atoms with van der Waals surface area (Å²) in [7, 11) is 1.31. The van der Waals surface area contributed by atoms with Crippen LogP contribution >= 0.6 is 8.53 Å². The number of rotatable bonds is 17. The predicted molar refractivity (Wildman–Crippen MR) is 219 cm³/mol. The third-order valence-corrected chi connectivity index (χ3v) is 13.0. The number of aliphatic hydroxyl groups is 1. The van der Waals surface area contributed by atoms with E-state index in [1.807, 2.05) is 84.9 Å². The fraction of sp³-hybridized carbons (Fsp3) is 0.386. The Hall–Kier alpha value is -4.86. The molecule has 0 saturated carbocycles. The predicted octanol–water partition coefficient (Wildman–Crippen LogP) is 7.01. The molecule has 1 aliphatic heterocycles. The van der Waals surface area contributed by atoms with E-state index in [1.165, 1.54) is 16.8 Å². The quantitative estimate of drug-likeness (QED) is 0.0650. The largest absolute Gasteiger partial charge is 0.497 e. The van der Waals surface area contributed by atoms with Crippen LogP contribution in [0, 0.1) is 17.2 Å². The summed E-state index contributed by atoms with van der Waals surface area (Å²) in [4.78, 5) is 28.3. The third kappa shape index (κ3) is 7.64. The summed E-state index contributed by atoms with van der Waals surface area (Å²) >= 11 is 0. The van der Waals surface area contributed by atoms with E-state index in [-0.39, 0.29) is 25.1 Å². The van der Waals surface area contributed by atoms with Crippen molar-refractivity contribution in [1.29, 1.82) is 5.26 Å². The van der Waals surface area contributed by atoms with Gasteiger partial charge >= 0.3 is 5.69 Å². The molecule has 0 spiro atoms. The van der Waals surface area contributed by atoms with Gasteiger partial charge in [-0.25, -0.2) is 9.46 Å². The maximum Gasteiger partial charge on any atom is 0.330 e. The van der Waals surface area contributed by atoms with Crippen molar-refractivity contribution in [3.05, 3.63) is 153 Å². The highest BCUT2D eigenvalue weighted by Crippen LogP contribution is 2.62. The Morgan fingerprint density at radius 3 is 2.07 bits per heavy atom. The lowest BCUT2D eigenvalue weighted by Crippen LogP contribution is -2.63. The molecule has 6 rings (SSSR count). The first-order valence-electron chi connectivity index (χ1n) is 19.1. The van der Waals surface area contributed by atoms with E-state index in [4.69, 9.17) is 23.3 Å². The Morgan fingerprint density at radius 2 is 1.56 bits per heavy atom. The number of ether oxygens (including phenoxy) is 3. The zero-order valence-electron chi connectivity index (χ0n) is 33.2. The smallest absolute Gasteiger partial charge is 0.330 e. The number of allylic oxidation sites excluding steroid dienone is 1. The van der Waals surface area contributed by atoms with Crippen molar-refractivity contribution in [2.75, 3.05) is 20.8 Å². The maximum atomic E-state index is 14.0. The minimum absolute atomic E-state index is 0.0322. The normalized spacial score (nSPS) is 21.6. The molecule has 0 radical (unpaired) electrons. The standard InChI is InChI=1S/C44H51N4O8P/c1-8-31-19-24-37-39(56-57(54-28-12-26-45)48(29(2)3)30(4)5)44(31,55-40(37)47-27-25-38(49)46-42(47)51)41(50)43(32-13-10-9-11-14-32,33-15-20-35(52-6)21-16-33)34-17-22-36(53-7)23-18-34/h8-11,13-23,25,27,29-30,37,39-41,50H,1,12,24,28H2,2-7H3,(H,46,49,51)/t37-,39+,40-,41?,44+,57?/m1/s1. The number of H-pyrrole nitrogens is 1. The van der Waals surface area contributed by atoms with Gasteiger partial charge in [0, 0.05) is 30.3 Å². The van der Waals surface area contributed by atoms with Gasteiger partial charge in [0.1, 0.15) is 35.5 Å². The molecular weight excluding hydrogens is 743 g/mol. The number of nitrogens with zero attached hydrogens (tertiary/aromatic N) is 3. The van der Waals surface area contributed by atoms with Gasteiger partial charge in [-0.1, -0.05) is 73.3 Å². The van der Waals surface area contributed by atoms with Crippen molar-refractivity contribution in [1.82, 2.24) is 14.2 Å². The van der Waals surface area contributed by atoms with Gasteiger partial charge in [-0.3, -0.25) is 14.3 Å². The van der Waals surface area contributed by atoms with E-state index in [1.54, 1.807) is 20.3 Å². The summed E-state index contributed by atoms with van der Waals surface area (Å²) < 4.78 is 35.7. The van der Waals surface area contributed by atoms with Gasteiger partial charge in [-0.2, -0.15) is 5.26 Å². The minimum Gasteiger partial charge on any atom is -0.497 e. The highest BCUT2D eigenvalue weighted by atomic mass is 31.2. The lowest BCUT2D eigenvalue weighted by molar-refractivity contribution is -0.149. The molecule has 1 aromatic heterocycles. The lowest BCUT2D eigenvalue weighted by Gasteiger charge is -2.51. The topological polar surface area (TPSA) is 148 Å². The summed E-state index contributed by atoms with van der Waals surface area (Å²) in [5.41, 5.74) is -1.57. The number of methoxy groups -OCH3 is 2. The fourth-order valence-electron chi connectivity index (χ4n) is 8.48. The molecule has 1 saturated heterocycles.